The molecule has 0 aromatic heterocycles. The van der Waals surface area contributed by atoms with Crippen LogP contribution in [0.15, 0.2) is 65.7 Å². The summed E-state index contributed by atoms with van der Waals surface area (Å²) in [5.74, 6) is 3.46. The van der Waals surface area contributed by atoms with Crippen molar-refractivity contribution in [1.82, 2.24) is 0 Å². The predicted octanol–water partition coefficient (Wildman–Crippen LogP) is 9.03. The van der Waals surface area contributed by atoms with Gasteiger partial charge in [-0.15, -0.1) is 0 Å². The molecule has 4 fully saturated rings. The molecule has 4 bridgehead atoms. The van der Waals surface area contributed by atoms with E-state index in [1.165, 1.54) is 38.5 Å². The van der Waals surface area contributed by atoms with Crippen molar-refractivity contribution in [3.05, 3.63) is 77.4 Å². The van der Waals surface area contributed by atoms with Crippen molar-refractivity contribution in [3.63, 3.8) is 0 Å². The number of rotatable bonds is 5. The van der Waals surface area contributed by atoms with E-state index in [0.29, 0.717) is 5.56 Å². The Balaban J connectivity index is 0.000000689. The number of ether oxygens (including phenoxy) is 1. The van der Waals surface area contributed by atoms with E-state index >= 15 is 0 Å². The van der Waals surface area contributed by atoms with Crippen LogP contribution in [0, 0.1) is 24.7 Å². The van der Waals surface area contributed by atoms with Gasteiger partial charge in [0.2, 0.25) is 0 Å². The molecule has 0 spiro atoms. The summed E-state index contributed by atoms with van der Waals surface area (Å²) >= 11 is -1.92. The van der Waals surface area contributed by atoms with Crippen molar-refractivity contribution in [3.8, 4) is 22.6 Å². The zero-order valence-corrected chi connectivity index (χ0v) is 25.6. The summed E-state index contributed by atoms with van der Waals surface area (Å²) in [6.45, 7) is 2.12. The Morgan fingerprint density at radius 1 is 0.921 bits per heavy atom. The molecule has 7 heteroatoms. The zero-order chi connectivity index (χ0) is 26.9. The van der Waals surface area contributed by atoms with Gasteiger partial charge in [-0.1, -0.05) is 53.8 Å². The van der Waals surface area contributed by atoms with E-state index in [0.717, 1.165) is 51.4 Å². The summed E-state index contributed by atoms with van der Waals surface area (Å²) in [5, 5.41) is 13.8. The minimum absolute atomic E-state index is 0.0962. The maximum atomic E-state index is 13.8. The summed E-state index contributed by atoms with van der Waals surface area (Å²) in [7, 11) is 16.6. The van der Waals surface area contributed by atoms with Crippen LogP contribution in [-0.2, 0) is 20.1 Å². The van der Waals surface area contributed by atoms with Crippen LogP contribution in [0.3, 0.4) is 0 Å². The van der Waals surface area contributed by atoms with Gasteiger partial charge in [0.15, 0.2) is 0 Å². The van der Waals surface area contributed by atoms with Crippen LogP contribution in [0.5, 0.6) is 11.5 Å². The topological polar surface area (TPSA) is 44.6 Å². The van der Waals surface area contributed by atoms with Crippen LogP contribution < -0.4 is 9.84 Å². The molecule has 4 aliphatic rings. The summed E-state index contributed by atoms with van der Waals surface area (Å²) in [6.07, 6.45) is 9.54. The molecule has 0 aliphatic heterocycles. The number of aryl methyl sites for hydroxylation is 1. The maximum absolute atomic E-state index is 13.8. The van der Waals surface area contributed by atoms with Gasteiger partial charge in [-0.25, -0.2) is 0 Å². The molecule has 38 heavy (non-hydrogen) atoms. The van der Waals surface area contributed by atoms with Crippen molar-refractivity contribution in [2.45, 2.75) is 50.9 Å². The number of benzene rings is 3. The van der Waals surface area contributed by atoms with Gasteiger partial charge in [-0.05, 0) is 104 Å². The fourth-order valence-corrected chi connectivity index (χ4v) is 7.49. The average molecular weight is 605 g/mol. The quantitative estimate of drug-likeness (QED) is 0.215. The molecule has 198 valence electrons. The van der Waals surface area contributed by atoms with Gasteiger partial charge in [0.05, 0.1) is 12.8 Å². The van der Waals surface area contributed by atoms with Gasteiger partial charge < -0.3 is 9.84 Å². The SMILES string of the molecule is COc1cccc(-c2ccccc2N=Cc2cc(C)cc(C34CC5CC(CC(C5)C3)C4)c2[O-])c1.[Cl][Ti+]([Cl])[Cl]. The number of para-hydroxylation sites is 1. The molecule has 0 atom stereocenters. The zero-order valence-electron chi connectivity index (χ0n) is 21.7. The Hall–Kier alpha value is -1.49. The number of nitrogens with zero attached hydrogens (tertiary/aromatic N) is 1. The molecule has 0 radical (unpaired) electrons. The van der Waals surface area contributed by atoms with Gasteiger partial charge in [-0.2, -0.15) is 0 Å². The van der Waals surface area contributed by atoms with E-state index in [-0.39, 0.29) is 11.2 Å². The number of hydrogen-bond donors (Lipinski definition) is 0. The van der Waals surface area contributed by atoms with E-state index in [1.807, 2.05) is 42.5 Å². The molecule has 7 rings (SSSR count). The van der Waals surface area contributed by atoms with Crippen LogP contribution in [0.2, 0.25) is 0 Å². The van der Waals surface area contributed by atoms with Gasteiger partial charge in [0.1, 0.15) is 5.75 Å². The molecular weight excluding hydrogens is 573 g/mol. The second-order valence-corrected chi connectivity index (χ2v) is 18.9. The fraction of sp³-hybridized carbons (Fsp3) is 0.387. The van der Waals surface area contributed by atoms with Crippen molar-refractivity contribution in [1.29, 1.82) is 0 Å². The predicted molar refractivity (Wildman–Crippen MR) is 154 cm³/mol. The van der Waals surface area contributed by atoms with Crippen LogP contribution in [0.1, 0.15) is 55.2 Å². The molecule has 0 amide bonds. The Kier molecular flexibility index (Phi) is 8.82. The van der Waals surface area contributed by atoms with Crippen molar-refractivity contribution >= 4 is 39.8 Å². The van der Waals surface area contributed by atoms with E-state index < -0.39 is 14.7 Å². The fourth-order valence-electron chi connectivity index (χ4n) is 7.49. The van der Waals surface area contributed by atoms with E-state index in [4.69, 9.17) is 37.6 Å². The third-order valence-electron chi connectivity index (χ3n) is 8.50. The van der Waals surface area contributed by atoms with E-state index in [1.54, 1.807) is 13.3 Å². The summed E-state index contributed by atoms with van der Waals surface area (Å²) in [5.41, 5.74) is 5.96. The van der Waals surface area contributed by atoms with Gasteiger partial charge in [0.25, 0.3) is 0 Å². The first-order valence-corrected chi connectivity index (χ1v) is 19.6. The van der Waals surface area contributed by atoms with Crippen LogP contribution in [0.25, 0.3) is 11.1 Å². The Bertz CT molecular complexity index is 1290. The minimum atomic E-state index is -1.92. The van der Waals surface area contributed by atoms with Gasteiger partial charge in [-0.3, -0.25) is 4.99 Å². The van der Waals surface area contributed by atoms with E-state index in [2.05, 4.69) is 25.1 Å². The molecule has 0 unspecified atom stereocenters. The molecule has 4 saturated carbocycles. The molecule has 0 saturated heterocycles. The average Bonchev–Trinajstić information content (AvgIpc) is 2.88. The number of hydrogen-bond acceptors (Lipinski definition) is 3. The van der Waals surface area contributed by atoms with Crippen molar-refractivity contribution in [2.75, 3.05) is 7.11 Å². The third kappa shape index (κ3) is 6.13. The van der Waals surface area contributed by atoms with Gasteiger partial charge in [0, 0.05) is 11.8 Å². The molecular formula is C31H32Cl3NO2Ti. The normalized spacial score (nSPS) is 25.2. The van der Waals surface area contributed by atoms with Crippen molar-refractivity contribution < 1.29 is 24.5 Å². The summed E-state index contributed by atoms with van der Waals surface area (Å²) in [6, 6.07) is 20.3. The Morgan fingerprint density at radius 3 is 2.18 bits per heavy atom. The number of aliphatic imine (C=N–C) groups is 1. The number of halogens is 3. The second-order valence-electron chi connectivity index (χ2n) is 11.2. The summed E-state index contributed by atoms with van der Waals surface area (Å²) in [4.78, 5) is 4.83. The van der Waals surface area contributed by atoms with E-state index in [9.17, 15) is 5.11 Å². The van der Waals surface area contributed by atoms with Crippen molar-refractivity contribution in [2.24, 2.45) is 22.7 Å². The first-order valence-electron chi connectivity index (χ1n) is 13.2. The molecule has 3 nitrogen and oxygen atoms in total. The van der Waals surface area contributed by atoms with Crippen LogP contribution >= 0.6 is 27.9 Å². The monoisotopic (exact) mass is 603 g/mol. The first-order chi connectivity index (χ1) is 18.3. The summed E-state index contributed by atoms with van der Waals surface area (Å²) < 4.78 is 5.41. The molecule has 3 aromatic carbocycles. The Morgan fingerprint density at radius 2 is 1.55 bits per heavy atom. The number of methoxy groups -OCH3 is 1. The van der Waals surface area contributed by atoms with Crippen LogP contribution in [-0.4, -0.2) is 13.3 Å². The first kappa shape index (κ1) is 28.1. The molecule has 3 aromatic rings. The third-order valence-corrected chi connectivity index (χ3v) is 8.50. The Labute approximate surface area is 243 Å². The van der Waals surface area contributed by atoms with Gasteiger partial charge >= 0.3 is 42.6 Å². The standard InChI is InChI=1S/C31H33NO2.3ClH.Ti/c1-20-10-25(19-32-29-9-4-3-8-27(29)24-6-5-7-26(15-24)34-2)30(33)28(11-20)31-16-21-12-22(17-31)14-23(13-21)18-31;;;;/h3-11,15,19,21-23,33H,12-14,16-18H2,1-2H3;3*1H;/q;;;;+4/p-4. The second kappa shape index (κ2) is 11.9. The molecule has 0 N–H and O–H groups in total. The van der Waals surface area contributed by atoms with Crippen LogP contribution in [0.4, 0.5) is 5.69 Å². The molecule has 0 heterocycles. The molecule has 4 aliphatic carbocycles.